The van der Waals surface area contributed by atoms with Gasteiger partial charge in [-0.2, -0.15) is 5.26 Å². The second-order valence-electron chi connectivity index (χ2n) is 7.33. The fourth-order valence-electron chi connectivity index (χ4n) is 3.72. The number of benzene rings is 3. The molecular weight excluding hydrogens is 381 g/mol. The molecule has 0 aliphatic carbocycles. The molecular formula is C25H20FNO3. The highest BCUT2D eigenvalue weighted by atomic mass is 19.1. The number of Topliss-reactive ketones (excluding diaryl/α,β-unsaturated/α-hetero) is 1. The molecule has 1 unspecified atom stereocenters. The van der Waals surface area contributed by atoms with Gasteiger partial charge in [-0.25, -0.2) is 4.39 Å². The molecule has 0 spiro atoms. The number of carbonyl (C=O) groups is 1. The van der Waals surface area contributed by atoms with Crippen LogP contribution in [0.4, 0.5) is 4.39 Å². The lowest BCUT2D eigenvalue weighted by Crippen LogP contribution is -2.18. The Morgan fingerprint density at radius 1 is 1.07 bits per heavy atom. The van der Waals surface area contributed by atoms with E-state index < -0.39 is 6.10 Å². The predicted octanol–water partition coefficient (Wildman–Crippen LogP) is 5.45. The third-order valence-electron chi connectivity index (χ3n) is 5.27. The Hall–Kier alpha value is -3.65. The third kappa shape index (κ3) is 3.65. The molecule has 1 heterocycles. The molecule has 3 aromatic rings. The van der Waals surface area contributed by atoms with E-state index in [1.165, 1.54) is 12.1 Å². The molecule has 4 nitrogen and oxygen atoms in total. The van der Waals surface area contributed by atoms with Crippen molar-refractivity contribution in [1.29, 1.82) is 5.26 Å². The van der Waals surface area contributed by atoms with E-state index in [9.17, 15) is 9.18 Å². The van der Waals surface area contributed by atoms with Crippen molar-refractivity contribution in [3.8, 4) is 17.6 Å². The molecule has 30 heavy (non-hydrogen) atoms. The quantitative estimate of drug-likeness (QED) is 0.583. The minimum atomic E-state index is -0.520. The molecule has 0 aromatic heterocycles. The summed E-state index contributed by atoms with van der Waals surface area (Å²) in [5.41, 5.74) is 4.32. The summed E-state index contributed by atoms with van der Waals surface area (Å²) in [5, 5.41) is 9.09. The van der Waals surface area contributed by atoms with Crippen molar-refractivity contribution in [1.82, 2.24) is 0 Å². The molecule has 0 saturated heterocycles. The highest BCUT2D eigenvalue weighted by molar-refractivity contribution is 6.00. The number of nitrogens with zero attached hydrogens (tertiary/aromatic N) is 1. The number of nitriles is 1. The Morgan fingerprint density at radius 3 is 2.33 bits per heavy atom. The summed E-state index contributed by atoms with van der Waals surface area (Å²) in [6.07, 6.45) is -0.150. The monoisotopic (exact) mass is 401 g/mol. The summed E-state index contributed by atoms with van der Waals surface area (Å²) in [5.74, 6) is 0.924. The van der Waals surface area contributed by atoms with Crippen LogP contribution >= 0.6 is 0 Å². The van der Waals surface area contributed by atoms with Gasteiger partial charge >= 0.3 is 0 Å². The molecule has 4 rings (SSSR count). The summed E-state index contributed by atoms with van der Waals surface area (Å²) >= 11 is 0. The smallest absolute Gasteiger partial charge is 0.170 e. The lowest BCUT2D eigenvalue weighted by atomic mass is 9.96. The zero-order chi connectivity index (χ0) is 21.3. The summed E-state index contributed by atoms with van der Waals surface area (Å²) in [7, 11) is 0. The average molecular weight is 401 g/mol. The number of halogens is 1. The lowest BCUT2D eigenvalue weighted by Gasteiger charge is -2.26. The fourth-order valence-corrected chi connectivity index (χ4v) is 3.72. The zero-order valence-corrected chi connectivity index (χ0v) is 16.7. The van der Waals surface area contributed by atoms with Gasteiger partial charge < -0.3 is 9.47 Å². The first-order chi connectivity index (χ1) is 14.5. The van der Waals surface area contributed by atoms with Crippen LogP contribution in [0.25, 0.3) is 0 Å². The van der Waals surface area contributed by atoms with Crippen molar-refractivity contribution in [2.45, 2.75) is 26.4 Å². The Morgan fingerprint density at radius 2 is 1.70 bits per heavy atom. The maximum absolute atomic E-state index is 13.5. The van der Waals surface area contributed by atoms with E-state index in [2.05, 4.69) is 6.07 Å². The van der Waals surface area contributed by atoms with E-state index in [4.69, 9.17) is 14.7 Å². The van der Waals surface area contributed by atoms with Crippen molar-refractivity contribution in [3.63, 3.8) is 0 Å². The molecule has 0 amide bonds. The molecule has 0 fully saturated rings. The van der Waals surface area contributed by atoms with Gasteiger partial charge in [-0.05, 0) is 60.9 Å². The number of carbonyl (C=O) groups excluding carboxylic acids is 1. The van der Waals surface area contributed by atoms with E-state index in [1.807, 2.05) is 26.0 Å². The topological polar surface area (TPSA) is 59.3 Å². The van der Waals surface area contributed by atoms with Crippen LogP contribution in [0.5, 0.6) is 11.5 Å². The highest BCUT2D eigenvalue weighted by Gasteiger charge is 2.26. The number of hydrogen-bond donors (Lipinski definition) is 0. The van der Waals surface area contributed by atoms with Gasteiger partial charge in [0.2, 0.25) is 0 Å². The van der Waals surface area contributed by atoms with Gasteiger partial charge in [0, 0.05) is 12.0 Å². The normalized spacial score (nSPS) is 13.7. The minimum Gasteiger partial charge on any atom is -0.492 e. The number of ketones is 1. The first-order valence-corrected chi connectivity index (χ1v) is 9.70. The van der Waals surface area contributed by atoms with Crippen LogP contribution < -0.4 is 9.47 Å². The highest BCUT2D eigenvalue weighted by Crippen LogP contribution is 2.40. The van der Waals surface area contributed by atoms with Crippen molar-refractivity contribution in [2.75, 3.05) is 6.61 Å². The molecule has 3 aromatic carbocycles. The largest absolute Gasteiger partial charge is 0.492 e. The van der Waals surface area contributed by atoms with E-state index in [1.54, 1.807) is 30.3 Å². The minimum absolute atomic E-state index is 0.0659. The van der Waals surface area contributed by atoms with Crippen molar-refractivity contribution in [3.05, 3.63) is 93.8 Å². The van der Waals surface area contributed by atoms with Crippen LogP contribution in [-0.2, 0) is 0 Å². The average Bonchev–Trinajstić information content (AvgIpc) is 2.76. The molecule has 1 aliphatic rings. The van der Waals surface area contributed by atoms with Crippen LogP contribution in [-0.4, -0.2) is 12.4 Å². The second kappa shape index (κ2) is 8.00. The molecule has 0 saturated carbocycles. The lowest BCUT2D eigenvalue weighted by molar-refractivity contribution is 0.0932. The number of fused-ring (bicyclic) bond motifs is 1. The molecule has 5 heteroatoms. The first kappa shape index (κ1) is 19.7. The molecule has 150 valence electrons. The molecule has 0 bridgehead atoms. The van der Waals surface area contributed by atoms with Crippen molar-refractivity contribution < 1.29 is 18.7 Å². The van der Waals surface area contributed by atoms with E-state index in [-0.39, 0.29) is 11.6 Å². The standard InChI is InChI=1S/C25H20FNO3/c1-15-13-21-22(28)11-12-29-24(21)16(2)23(15)30-25(19-7-9-20(26)10-8-19)18-5-3-17(14-27)4-6-18/h3-10,13,25H,11-12H2,1-2H3. The number of hydrogen-bond acceptors (Lipinski definition) is 4. The van der Waals surface area contributed by atoms with Gasteiger partial charge in [-0.1, -0.05) is 24.3 Å². The fraction of sp³-hybridized carbons (Fsp3) is 0.200. The van der Waals surface area contributed by atoms with Crippen molar-refractivity contribution in [2.24, 2.45) is 0 Å². The summed E-state index contributed by atoms with van der Waals surface area (Å²) in [6, 6.07) is 17.2. The predicted molar refractivity (Wildman–Crippen MR) is 110 cm³/mol. The molecule has 1 atom stereocenters. The van der Waals surface area contributed by atoms with Gasteiger partial charge in [0.1, 0.15) is 23.4 Å². The van der Waals surface area contributed by atoms with Gasteiger partial charge in [-0.3, -0.25) is 4.79 Å². The number of rotatable bonds is 4. The molecule has 0 radical (unpaired) electrons. The van der Waals surface area contributed by atoms with Crippen LogP contribution in [0.1, 0.15) is 50.7 Å². The Kier molecular flexibility index (Phi) is 5.24. The number of aryl methyl sites for hydroxylation is 1. The second-order valence-corrected chi connectivity index (χ2v) is 7.33. The SMILES string of the molecule is Cc1cc2c(c(C)c1OC(c1ccc(F)cc1)c1ccc(C#N)cc1)OCCC2=O. The van der Waals surface area contributed by atoms with Crippen LogP contribution in [0.15, 0.2) is 54.6 Å². The van der Waals surface area contributed by atoms with Crippen LogP contribution in [0.3, 0.4) is 0 Å². The van der Waals surface area contributed by atoms with Gasteiger partial charge in [0.05, 0.1) is 23.8 Å². The van der Waals surface area contributed by atoms with Gasteiger partial charge in [0.15, 0.2) is 5.78 Å². The van der Waals surface area contributed by atoms with E-state index in [0.717, 1.165) is 22.3 Å². The summed E-state index contributed by atoms with van der Waals surface area (Å²) in [6.45, 7) is 4.12. The summed E-state index contributed by atoms with van der Waals surface area (Å²) < 4.78 is 25.7. The Balaban J connectivity index is 1.80. The number of ether oxygens (including phenoxy) is 2. The summed E-state index contributed by atoms with van der Waals surface area (Å²) in [4.78, 5) is 12.3. The maximum atomic E-state index is 13.5. The van der Waals surface area contributed by atoms with Crippen LogP contribution in [0, 0.1) is 31.0 Å². The Bertz CT molecular complexity index is 1140. The van der Waals surface area contributed by atoms with E-state index in [0.29, 0.717) is 35.7 Å². The van der Waals surface area contributed by atoms with Crippen molar-refractivity contribution >= 4 is 5.78 Å². The Labute approximate surface area is 174 Å². The first-order valence-electron chi connectivity index (χ1n) is 9.70. The van der Waals surface area contributed by atoms with E-state index >= 15 is 0 Å². The van der Waals surface area contributed by atoms with Gasteiger partial charge in [-0.15, -0.1) is 0 Å². The third-order valence-corrected chi connectivity index (χ3v) is 5.27. The van der Waals surface area contributed by atoms with Gasteiger partial charge in [0.25, 0.3) is 0 Å². The van der Waals surface area contributed by atoms with Crippen LogP contribution in [0.2, 0.25) is 0 Å². The zero-order valence-electron chi connectivity index (χ0n) is 16.7. The maximum Gasteiger partial charge on any atom is 0.170 e. The molecule has 0 N–H and O–H groups in total. The molecule has 1 aliphatic heterocycles.